The smallest absolute Gasteiger partial charge is 0.119 e. The van der Waals surface area contributed by atoms with Gasteiger partial charge in [-0.2, -0.15) is 0 Å². The lowest BCUT2D eigenvalue weighted by molar-refractivity contribution is 0.273. The highest BCUT2D eigenvalue weighted by Gasteiger charge is 2.22. The zero-order chi connectivity index (χ0) is 19.2. The van der Waals surface area contributed by atoms with Crippen LogP contribution in [0.4, 0.5) is 0 Å². The SMILES string of the molecule is CCCCCCCC1CCC(c2ccc(OCCCCCCO)cc2)CC1. The highest BCUT2D eigenvalue weighted by molar-refractivity contribution is 5.29. The van der Waals surface area contributed by atoms with Gasteiger partial charge in [0.1, 0.15) is 5.75 Å². The van der Waals surface area contributed by atoms with Crippen LogP contribution in [0.5, 0.6) is 5.75 Å². The summed E-state index contributed by atoms with van der Waals surface area (Å²) in [6.45, 7) is 3.39. The van der Waals surface area contributed by atoms with E-state index >= 15 is 0 Å². The second kappa shape index (κ2) is 14.0. The van der Waals surface area contributed by atoms with Crippen LogP contribution in [0.15, 0.2) is 24.3 Å². The minimum absolute atomic E-state index is 0.309. The van der Waals surface area contributed by atoms with Gasteiger partial charge in [0.25, 0.3) is 0 Å². The number of benzene rings is 1. The Morgan fingerprint density at radius 2 is 1.48 bits per heavy atom. The van der Waals surface area contributed by atoms with Crippen LogP contribution >= 0.6 is 0 Å². The molecule has 0 saturated heterocycles. The van der Waals surface area contributed by atoms with E-state index in [-0.39, 0.29) is 0 Å². The van der Waals surface area contributed by atoms with Crippen molar-refractivity contribution in [2.24, 2.45) is 5.92 Å². The van der Waals surface area contributed by atoms with Gasteiger partial charge in [-0.3, -0.25) is 0 Å². The standard InChI is InChI=1S/C25H42O2/c1-2-3-4-5-8-11-22-12-14-23(15-13-22)24-16-18-25(19-17-24)27-21-10-7-6-9-20-26/h16-19,22-23,26H,2-15,20-21H2,1H3. The average molecular weight is 375 g/mol. The van der Waals surface area contributed by atoms with Crippen LogP contribution in [0.1, 0.15) is 108 Å². The van der Waals surface area contributed by atoms with Crippen LogP contribution < -0.4 is 4.74 Å². The summed E-state index contributed by atoms with van der Waals surface area (Å²) in [4.78, 5) is 0. The number of aliphatic hydroxyl groups is 1. The molecule has 154 valence electrons. The molecule has 1 aromatic carbocycles. The van der Waals surface area contributed by atoms with Crippen molar-refractivity contribution in [1.29, 1.82) is 0 Å². The Balaban J connectivity index is 1.60. The van der Waals surface area contributed by atoms with E-state index in [1.54, 1.807) is 0 Å². The quantitative estimate of drug-likeness (QED) is 0.347. The summed E-state index contributed by atoms with van der Waals surface area (Å²) in [6, 6.07) is 8.89. The molecule has 1 aromatic rings. The average Bonchev–Trinajstić information content (AvgIpc) is 2.71. The molecule has 2 nitrogen and oxygen atoms in total. The molecule has 0 heterocycles. The van der Waals surface area contributed by atoms with Crippen LogP contribution in [-0.2, 0) is 0 Å². The predicted octanol–water partition coefficient (Wildman–Crippen LogP) is 7.25. The zero-order valence-corrected chi connectivity index (χ0v) is 17.6. The predicted molar refractivity (Wildman–Crippen MR) is 116 cm³/mol. The zero-order valence-electron chi connectivity index (χ0n) is 17.6. The van der Waals surface area contributed by atoms with Gasteiger partial charge in [0.15, 0.2) is 0 Å². The molecule has 0 spiro atoms. The first-order valence-corrected chi connectivity index (χ1v) is 11.7. The Kier molecular flexibility index (Phi) is 11.6. The molecular formula is C25H42O2. The monoisotopic (exact) mass is 374 g/mol. The van der Waals surface area contributed by atoms with Gasteiger partial charge in [-0.1, -0.05) is 64.0 Å². The number of rotatable bonds is 14. The Morgan fingerprint density at radius 1 is 0.815 bits per heavy atom. The van der Waals surface area contributed by atoms with E-state index in [2.05, 4.69) is 31.2 Å². The topological polar surface area (TPSA) is 29.5 Å². The summed E-state index contributed by atoms with van der Waals surface area (Å²) in [5.41, 5.74) is 1.51. The molecular weight excluding hydrogens is 332 g/mol. The Labute approximate surface area is 167 Å². The molecule has 1 aliphatic rings. The molecule has 0 radical (unpaired) electrons. The second-order valence-corrected chi connectivity index (χ2v) is 8.48. The molecule has 0 bridgehead atoms. The largest absolute Gasteiger partial charge is 0.494 e. The van der Waals surface area contributed by atoms with Crippen LogP contribution in [0.2, 0.25) is 0 Å². The van der Waals surface area contributed by atoms with Gasteiger partial charge >= 0.3 is 0 Å². The molecule has 1 N–H and O–H groups in total. The first-order valence-electron chi connectivity index (χ1n) is 11.7. The van der Waals surface area contributed by atoms with E-state index in [1.807, 2.05) is 0 Å². The summed E-state index contributed by atoms with van der Waals surface area (Å²) in [7, 11) is 0. The molecule has 1 fully saturated rings. The normalized spacial score (nSPS) is 19.9. The van der Waals surface area contributed by atoms with E-state index < -0.39 is 0 Å². The van der Waals surface area contributed by atoms with Crippen LogP contribution in [0, 0.1) is 5.92 Å². The van der Waals surface area contributed by atoms with E-state index in [0.717, 1.165) is 49.9 Å². The summed E-state index contributed by atoms with van der Waals surface area (Å²) >= 11 is 0. The summed E-state index contributed by atoms with van der Waals surface area (Å²) < 4.78 is 5.86. The van der Waals surface area contributed by atoms with Crippen molar-refractivity contribution in [2.75, 3.05) is 13.2 Å². The van der Waals surface area contributed by atoms with E-state index in [9.17, 15) is 0 Å². The van der Waals surface area contributed by atoms with Crippen molar-refractivity contribution in [3.8, 4) is 5.75 Å². The molecule has 2 rings (SSSR count). The van der Waals surface area contributed by atoms with Gasteiger partial charge in [-0.15, -0.1) is 0 Å². The number of unbranched alkanes of at least 4 members (excludes halogenated alkanes) is 7. The fraction of sp³-hybridized carbons (Fsp3) is 0.760. The van der Waals surface area contributed by atoms with Crippen LogP contribution in [-0.4, -0.2) is 18.3 Å². The maximum absolute atomic E-state index is 8.78. The minimum Gasteiger partial charge on any atom is -0.494 e. The molecule has 0 unspecified atom stereocenters. The molecule has 2 heteroatoms. The van der Waals surface area contributed by atoms with Crippen molar-refractivity contribution >= 4 is 0 Å². The lowest BCUT2D eigenvalue weighted by Crippen LogP contribution is -2.13. The summed E-state index contributed by atoms with van der Waals surface area (Å²) in [5, 5.41) is 8.78. The van der Waals surface area contributed by atoms with E-state index in [0.29, 0.717) is 6.61 Å². The highest BCUT2D eigenvalue weighted by atomic mass is 16.5. The van der Waals surface area contributed by atoms with Crippen molar-refractivity contribution < 1.29 is 9.84 Å². The molecule has 1 saturated carbocycles. The van der Waals surface area contributed by atoms with Crippen LogP contribution in [0.25, 0.3) is 0 Å². The Morgan fingerprint density at radius 3 is 2.19 bits per heavy atom. The molecule has 0 amide bonds. The van der Waals surface area contributed by atoms with E-state index in [4.69, 9.17) is 9.84 Å². The fourth-order valence-electron chi connectivity index (χ4n) is 4.41. The number of hydrogen-bond acceptors (Lipinski definition) is 2. The van der Waals surface area contributed by atoms with Gasteiger partial charge < -0.3 is 9.84 Å². The first-order chi connectivity index (χ1) is 13.3. The Hall–Kier alpha value is -1.02. The fourth-order valence-corrected chi connectivity index (χ4v) is 4.41. The second-order valence-electron chi connectivity index (χ2n) is 8.48. The van der Waals surface area contributed by atoms with Crippen molar-refractivity contribution in [3.63, 3.8) is 0 Å². The number of hydrogen-bond donors (Lipinski definition) is 1. The van der Waals surface area contributed by atoms with E-state index in [1.165, 1.54) is 69.8 Å². The summed E-state index contributed by atoms with van der Waals surface area (Å²) in [5.74, 6) is 2.74. The lowest BCUT2D eigenvalue weighted by atomic mass is 9.77. The molecule has 0 aromatic heterocycles. The third kappa shape index (κ3) is 9.14. The molecule has 27 heavy (non-hydrogen) atoms. The maximum Gasteiger partial charge on any atom is 0.119 e. The molecule has 1 aliphatic carbocycles. The molecule has 0 atom stereocenters. The van der Waals surface area contributed by atoms with Crippen LogP contribution in [0.3, 0.4) is 0 Å². The van der Waals surface area contributed by atoms with Crippen molar-refractivity contribution in [1.82, 2.24) is 0 Å². The minimum atomic E-state index is 0.309. The van der Waals surface area contributed by atoms with Gasteiger partial charge in [-0.25, -0.2) is 0 Å². The first kappa shape index (κ1) is 22.3. The van der Waals surface area contributed by atoms with Crippen molar-refractivity contribution in [2.45, 2.75) is 103 Å². The van der Waals surface area contributed by atoms with Gasteiger partial charge in [0.2, 0.25) is 0 Å². The third-order valence-corrected chi connectivity index (χ3v) is 6.24. The van der Waals surface area contributed by atoms with Crippen molar-refractivity contribution in [3.05, 3.63) is 29.8 Å². The molecule has 0 aliphatic heterocycles. The van der Waals surface area contributed by atoms with Gasteiger partial charge in [0.05, 0.1) is 6.61 Å². The maximum atomic E-state index is 8.78. The highest BCUT2D eigenvalue weighted by Crippen LogP contribution is 2.38. The lowest BCUT2D eigenvalue weighted by Gasteiger charge is -2.29. The van der Waals surface area contributed by atoms with Gasteiger partial charge in [-0.05, 0) is 74.5 Å². The number of aliphatic hydroxyl groups excluding tert-OH is 1. The number of ether oxygens (including phenoxy) is 1. The summed E-state index contributed by atoms with van der Waals surface area (Å²) in [6.07, 6.45) is 18.3. The Bertz CT molecular complexity index is 460. The van der Waals surface area contributed by atoms with Gasteiger partial charge in [0, 0.05) is 6.61 Å². The third-order valence-electron chi connectivity index (χ3n) is 6.24.